The molecule has 0 saturated carbocycles. The minimum atomic E-state index is -0.647. The van der Waals surface area contributed by atoms with Crippen molar-refractivity contribution in [1.29, 1.82) is 0 Å². The molecule has 3 rings (SSSR count). The molecule has 0 aromatic heterocycles. The van der Waals surface area contributed by atoms with Gasteiger partial charge in [-0.1, -0.05) is 6.07 Å². The molecule has 0 amide bonds. The Labute approximate surface area is 136 Å². The van der Waals surface area contributed by atoms with Crippen LogP contribution in [0.3, 0.4) is 0 Å². The lowest BCUT2D eigenvalue weighted by molar-refractivity contribution is 0.0521. The highest BCUT2D eigenvalue weighted by Gasteiger charge is 2.26. The number of carbonyl (C=O) groups is 1. The zero-order chi connectivity index (χ0) is 15.7. The molecule has 0 bridgehead atoms. The van der Waals surface area contributed by atoms with Crippen molar-refractivity contribution >= 4 is 27.6 Å². The summed E-state index contributed by atoms with van der Waals surface area (Å²) in [5, 5.41) is 3.20. The van der Waals surface area contributed by atoms with Crippen LogP contribution in [-0.2, 0) is 4.74 Å². The molecule has 0 fully saturated rings. The van der Waals surface area contributed by atoms with Crippen LogP contribution in [0.2, 0.25) is 0 Å². The van der Waals surface area contributed by atoms with Crippen LogP contribution in [-0.4, -0.2) is 23.6 Å². The number of esters is 1. The van der Waals surface area contributed by atoms with Crippen molar-refractivity contribution in [3.63, 3.8) is 0 Å². The van der Waals surface area contributed by atoms with E-state index in [0.717, 1.165) is 10.2 Å². The van der Waals surface area contributed by atoms with Crippen LogP contribution < -0.4 is 5.32 Å². The number of allylic oxidation sites excluding steroid dienone is 2. The fourth-order valence-electron chi connectivity index (χ4n) is 2.41. The summed E-state index contributed by atoms with van der Waals surface area (Å²) in [6, 6.07) is 4.52. The van der Waals surface area contributed by atoms with Crippen molar-refractivity contribution < 1.29 is 13.9 Å². The number of halogens is 2. The Morgan fingerprint density at radius 3 is 3.05 bits per heavy atom. The molecule has 1 unspecified atom stereocenters. The van der Waals surface area contributed by atoms with Crippen molar-refractivity contribution in [2.75, 3.05) is 6.61 Å². The van der Waals surface area contributed by atoms with E-state index in [4.69, 9.17) is 4.74 Å². The van der Waals surface area contributed by atoms with Crippen LogP contribution in [0.25, 0.3) is 5.70 Å². The lowest BCUT2D eigenvalue weighted by Gasteiger charge is -2.26. The Hall–Kier alpha value is -2.08. The summed E-state index contributed by atoms with van der Waals surface area (Å²) >= 11 is 3.43. The molecule has 4 nitrogen and oxygen atoms in total. The first kappa shape index (κ1) is 14.8. The number of nitrogens with zero attached hydrogens (tertiary/aromatic N) is 1. The molecule has 2 aliphatic heterocycles. The van der Waals surface area contributed by atoms with Gasteiger partial charge in [0.15, 0.2) is 0 Å². The van der Waals surface area contributed by atoms with Gasteiger partial charge in [0.1, 0.15) is 12.0 Å². The van der Waals surface area contributed by atoms with E-state index in [9.17, 15) is 9.18 Å². The summed E-state index contributed by atoms with van der Waals surface area (Å²) in [7, 11) is 0. The third-order valence-corrected chi connectivity index (χ3v) is 3.90. The predicted octanol–water partition coefficient (Wildman–Crippen LogP) is 3.34. The Kier molecular flexibility index (Phi) is 4.02. The number of fused-ring (bicyclic) bond motifs is 1. The summed E-state index contributed by atoms with van der Waals surface area (Å²) in [6.07, 6.45) is 7.72. The number of nitrogens with one attached hydrogen (secondary N) is 1. The maximum absolute atomic E-state index is 14.2. The van der Waals surface area contributed by atoms with Gasteiger partial charge in [0, 0.05) is 22.4 Å². The molecule has 114 valence electrons. The molecule has 0 radical (unpaired) electrons. The fraction of sp³-hybridized carbons (Fsp3) is 0.188. The minimum Gasteiger partial charge on any atom is -0.462 e. The molecular weight excluding hydrogens is 351 g/mol. The molecule has 0 saturated heterocycles. The van der Waals surface area contributed by atoms with E-state index in [1.165, 1.54) is 12.1 Å². The quantitative estimate of drug-likeness (QED) is 0.835. The van der Waals surface area contributed by atoms with Crippen molar-refractivity contribution in [3.8, 4) is 0 Å². The minimum absolute atomic E-state index is 0.0177. The van der Waals surface area contributed by atoms with E-state index in [1.807, 2.05) is 29.5 Å². The second kappa shape index (κ2) is 5.96. The SMILES string of the molecule is CCOC(=O)c1ccc(C2=CNC3C=CC(Br)=CN23)cc1F. The molecule has 0 aliphatic carbocycles. The van der Waals surface area contributed by atoms with E-state index in [-0.39, 0.29) is 18.3 Å². The molecule has 2 heterocycles. The van der Waals surface area contributed by atoms with E-state index in [0.29, 0.717) is 5.56 Å². The van der Waals surface area contributed by atoms with E-state index in [2.05, 4.69) is 21.2 Å². The maximum Gasteiger partial charge on any atom is 0.341 e. The first-order valence-corrected chi connectivity index (χ1v) is 7.66. The van der Waals surface area contributed by atoms with Crippen LogP contribution >= 0.6 is 15.9 Å². The summed E-state index contributed by atoms with van der Waals surface area (Å²) in [5.41, 5.74) is 1.47. The molecule has 2 aliphatic rings. The molecular formula is C16H14BrFN2O2. The Bertz CT molecular complexity index is 712. The molecule has 1 aromatic carbocycles. The van der Waals surface area contributed by atoms with Crippen molar-refractivity contribution in [2.45, 2.75) is 13.1 Å². The zero-order valence-corrected chi connectivity index (χ0v) is 13.4. The second-order valence-electron chi connectivity index (χ2n) is 4.84. The van der Waals surface area contributed by atoms with Crippen molar-refractivity contribution in [3.05, 3.63) is 64.2 Å². The van der Waals surface area contributed by atoms with Crippen molar-refractivity contribution in [1.82, 2.24) is 10.2 Å². The van der Waals surface area contributed by atoms with Gasteiger partial charge < -0.3 is 15.0 Å². The van der Waals surface area contributed by atoms with Gasteiger partial charge in [-0.25, -0.2) is 9.18 Å². The van der Waals surface area contributed by atoms with Gasteiger partial charge in [-0.2, -0.15) is 0 Å². The van der Waals surface area contributed by atoms with Gasteiger partial charge in [-0.15, -0.1) is 0 Å². The zero-order valence-electron chi connectivity index (χ0n) is 11.8. The van der Waals surface area contributed by atoms with Crippen LogP contribution in [0.15, 0.2) is 47.2 Å². The van der Waals surface area contributed by atoms with Gasteiger partial charge in [0.05, 0.1) is 17.9 Å². The fourth-order valence-corrected chi connectivity index (χ4v) is 2.78. The second-order valence-corrected chi connectivity index (χ2v) is 5.75. The van der Waals surface area contributed by atoms with Crippen LogP contribution in [0.5, 0.6) is 0 Å². The first-order valence-electron chi connectivity index (χ1n) is 6.87. The summed E-state index contributed by atoms with van der Waals surface area (Å²) in [4.78, 5) is 13.6. The number of ether oxygens (including phenoxy) is 1. The number of carbonyl (C=O) groups excluding carboxylic acids is 1. The summed E-state index contributed by atoms with van der Waals surface area (Å²) < 4.78 is 19.9. The Balaban J connectivity index is 1.89. The first-order chi connectivity index (χ1) is 10.6. The third-order valence-electron chi connectivity index (χ3n) is 3.43. The summed E-state index contributed by atoms with van der Waals surface area (Å²) in [5.74, 6) is -1.23. The van der Waals surface area contributed by atoms with Gasteiger partial charge >= 0.3 is 5.97 Å². The molecule has 1 N–H and O–H groups in total. The number of benzene rings is 1. The highest BCUT2D eigenvalue weighted by atomic mass is 79.9. The Morgan fingerprint density at radius 1 is 1.50 bits per heavy atom. The van der Waals surface area contributed by atoms with Gasteiger partial charge in [0.2, 0.25) is 0 Å². The highest BCUT2D eigenvalue weighted by Crippen LogP contribution is 2.31. The van der Waals surface area contributed by atoms with E-state index >= 15 is 0 Å². The lowest BCUT2D eigenvalue weighted by atomic mass is 10.1. The standard InChI is InChI=1S/C16H14BrFN2O2/c1-2-22-16(21)12-5-3-10(7-13(12)18)14-8-19-15-6-4-11(17)9-20(14)15/h3-9,15,19H,2H2,1H3. The molecule has 1 atom stereocenters. The molecule has 1 aromatic rings. The average molecular weight is 365 g/mol. The molecule has 0 spiro atoms. The number of rotatable bonds is 3. The maximum atomic E-state index is 14.2. The lowest BCUT2D eigenvalue weighted by Crippen LogP contribution is -2.32. The van der Waals surface area contributed by atoms with Crippen LogP contribution in [0.1, 0.15) is 22.8 Å². The van der Waals surface area contributed by atoms with Gasteiger partial charge in [-0.3, -0.25) is 0 Å². The molecule has 6 heteroatoms. The third kappa shape index (κ3) is 2.66. The smallest absolute Gasteiger partial charge is 0.341 e. The van der Waals surface area contributed by atoms with E-state index < -0.39 is 11.8 Å². The van der Waals surface area contributed by atoms with Gasteiger partial charge in [-0.05, 0) is 47.1 Å². The normalized spacial score (nSPS) is 19.2. The summed E-state index contributed by atoms with van der Waals surface area (Å²) in [6.45, 7) is 1.91. The highest BCUT2D eigenvalue weighted by molar-refractivity contribution is 9.11. The van der Waals surface area contributed by atoms with E-state index in [1.54, 1.807) is 13.0 Å². The van der Waals surface area contributed by atoms with Gasteiger partial charge in [0.25, 0.3) is 0 Å². The monoisotopic (exact) mass is 364 g/mol. The number of hydrogen-bond donors (Lipinski definition) is 1. The van der Waals surface area contributed by atoms with Crippen molar-refractivity contribution in [2.24, 2.45) is 0 Å². The topological polar surface area (TPSA) is 41.6 Å². The molecule has 22 heavy (non-hydrogen) atoms. The van der Waals surface area contributed by atoms with Crippen LogP contribution in [0, 0.1) is 5.82 Å². The average Bonchev–Trinajstić information content (AvgIpc) is 2.90. The van der Waals surface area contributed by atoms with Crippen LogP contribution in [0.4, 0.5) is 4.39 Å². The predicted molar refractivity (Wildman–Crippen MR) is 85.2 cm³/mol. The largest absolute Gasteiger partial charge is 0.462 e. The Morgan fingerprint density at radius 2 is 2.32 bits per heavy atom. The number of hydrogen-bond acceptors (Lipinski definition) is 4.